The Labute approximate surface area is 184 Å². The maximum Gasteiger partial charge on any atom is 0.238 e. The highest BCUT2D eigenvalue weighted by Crippen LogP contribution is 2.26. The van der Waals surface area contributed by atoms with Crippen molar-refractivity contribution in [1.82, 2.24) is 4.90 Å². The average molecular weight is 421 g/mol. The number of carbonyl (C=O) groups is 2. The third kappa shape index (κ3) is 5.64. The van der Waals surface area contributed by atoms with Gasteiger partial charge in [0.1, 0.15) is 0 Å². The Morgan fingerprint density at radius 1 is 0.968 bits per heavy atom. The van der Waals surface area contributed by atoms with Gasteiger partial charge in [-0.1, -0.05) is 18.2 Å². The first kappa shape index (κ1) is 21.4. The molecule has 4 rings (SSSR count). The number of nitrogens with one attached hydrogen (secondary N) is 2. The summed E-state index contributed by atoms with van der Waals surface area (Å²) in [6, 6.07) is 15.8. The van der Waals surface area contributed by atoms with Crippen LogP contribution in [-0.2, 0) is 9.59 Å². The number of benzene rings is 2. The molecule has 2 N–H and O–H groups in total. The Morgan fingerprint density at radius 3 is 2.48 bits per heavy atom. The summed E-state index contributed by atoms with van der Waals surface area (Å²) in [4.78, 5) is 29.8. The van der Waals surface area contributed by atoms with Crippen LogP contribution in [-0.4, -0.2) is 49.4 Å². The molecule has 2 saturated heterocycles. The lowest BCUT2D eigenvalue weighted by Gasteiger charge is -2.31. The zero-order valence-electron chi connectivity index (χ0n) is 18.3. The molecule has 2 amide bonds. The number of aryl methyl sites for hydroxylation is 1. The Morgan fingerprint density at radius 2 is 1.74 bits per heavy atom. The van der Waals surface area contributed by atoms with Crippen molar-refractivity contribution in [1.29, 1.82) is 0 Å². The molecule has 0 aromatic heterocycles. The molecule has 1 unspecified atom stereocenters. The second-order valence-electron chi connectivity index (χ2n) is 8.67. The van der Waals surface area contributed by atoms with Crippen molar-refractivity contribution in [2.45, 2.75) is 32.6 Å². The van der Waals surface area contributed by atoms with Crippen molar-refractivity contribution in [2.75, 3.05) is 48.3 Å². The van der Waals surface area contributed by atoms with Crippen molar-refractivity contribution >= 4 is 28.9 Å². The fourth-order valence-corrected chi connectivity index (χ4v) is 4.53. The van der Waals surface area contributed by atoms with Crippen molar-refractivity contribution < 1.29 is 9.59 Å². The minimum absolute atomic E-state index is 0.0267. The van der Waals surface area contributed by atoms with E-state index in [9.17, 15) is 9.59 Å². The van der Waals surface area contributed by atoms with Gasteiger partial charge in [-0.3, -0.25) is 14.5 Å². The van der Waals surface area contributed by atoms with E-state index in [2.05, 4.69) is 32.6 Å². The molecule has 2 aromatic carbocycles. The summed E-state index contributed by atoms with van der Waals surface area (Å²) in [5.74, 6) is -0.0889. The molecular formula is C25H32N4O2. The van der Waals surface area contributed by atoms with Crippen molar-refractivity contribution in [3.63, 3.8) is 0 Å². The molecule has 0 spiro atoms. The van der Waals surface area contributed by atoms with Crippen LogP contribution in [0.1, 0.15) is 31.2 Å². The van der Waals surface area contributed by atoms with Crippen LogP contribution in [0.25, 0.3) is 0 Å². The van der Waals surface area contributed by atoms with Crippen molar-refractivity contribution in [3.05, 3.63) is 54.1 Å². The fraction of sp³-hybridized carbons (Fsp3) is 0.440. The maximum atomic E-state index is 12.7. The standard InChI is InChI=1S/C25H32N4O2/c1-19-16-22(29-14-5-6-15-29)11-12-23(19)27-24(30)18-28-13-7-8-20(17-28)25(31)26-21-9-3-2-4-10-21/h2-4,9-12,16,20H,5-8,13-15,17-18H2,1H3,(H,26,31)(H,27,30). The molecule has 0 radical (unpaired) electrons. The van der Waals surface area contributed by atoms with Gasteiger partial charge in [-0.05, 0) is 75.0 Å². The van der Waals surface area contributed by atoms with Crippen LogP contribution in [0, 0.1) is 12.8 Å². The van der Waals surface area contributed by atoms with Gasteiger partial charge in [0, 0.05) is 36.7 Å². The van der Waals surface area contributed by atoms with E-state index in [1.807, 2.05) is 43.3 Å². The first-order valence-corrected chi connectivity index (χ1v) is 11.3. The van der Waals surface area contributed by atoms with E-state index < -0.39 is 0 Å². The number of anilines is 3. The van der Waals surface area contributed by atoms with Crippen LogP contribution in [0.4, 0.5) is 17.1 Å². The highest BCUT2D eigenvalue weighted by atomic mass is 16.2. The van der Waals surface area contributed by atoms with Gasteiger partial charge < -0.3 is 15.5 Å². The molecule has 0 bridgehead atoms. The van der Waals surface area contributed by atoms with Crippen LogP contribution in [0.15, 0.2) is 48.5 Å². The van der Waals surface area contributed by atoms with E-state index in [0.29, 0.717) is 13.1 Å². The van der Waals surface area contributed by atoms with Crippen molar-refractivity contribution in [2.24, 2.45) is 5.92 Å². The number of hydrogen-bond donors (Lipinski definition) is 2. The molecule has 0 aliphatic carbocycles. The molecule has 31 heavy (non-hydrogen) atoms. The summed E-state index contributed by atoms with van der Waals surface area (Å²) >= 11 is 0. The Kier molecular flexibility index (Phi) is 6.87. The summed E-state index contributed by atoms with van der Waals surface area (Å²) in [5.41, 5.74) is 3.99. The predicted molar refractivity (Wildman–Crippen MR) is 125 cm³/mol. The first-order chi connectivity index (χ1) is 15.1. The fourth-order valence-electron chi connectivity index (χ4n) is 4.53. The zero-order valence-corrected chi connectivity index (χ0v) is 18.3. The molecule has 164 valence electrons. The number of rotatable bonds is 6. The molecule has 0 saturated carbocycles. The summed E-state index contributed by atoms with van der Waals surface area (Å²) in [5, 5.41) is 6.05. The van der Waals surface area contributed by atoms with Gasteiger partial charge >= 0.3 is 0 Å². The van der Waals surface area contributed by atoms with Gasteiger partial charge in [0.2, 0.25) is 11.8 Å². The number of piperidine rings is 1. The second kappa shape index (κ2) is 9.96. The average Bonchev–Trinajstić information content (AvgIpc) is 3.31. The van der Waals surface area contributed by atoms with E-state index >= 15 is 0 Å². The van der Waals surface area contributed by atoms with Crippen LogP contribution in [0.3, 0.4) is 0 Å². The summed E-state index contributed by atoms with van der Waals surface area (Å²) in [6.45, 7) is 6.02. The maximum absolute atomic E-state index is 12.7. The minimum atomic E-state index is -0.0942. The first-order valence-electron chi connectivity index (χ1n) is 11.3. The van der Waals surface area contributed by atoms with E-state index in [-0.39, 0.29) is 17.7 Å². The summed E-state index contributed by atoms with van der Waals surface area (Å²) in [6.07, 6.45) is 4.27. The molecular weight excluding hydrogens is 388 g/mol. The van der Waals surface area contributed by atoms with Crippen LogP contribution in [0.2, 0.25) is 0 Å². The molecule has 1 atom stereocenters. The van der Waals surface area contributed by atoms with E-state index in [1.165, 1.54) is 18.5 Å². The zero-order chi connectivity index (χ0) is 21.6. The van der Waals surface area contributed by atoms with Crippen LogP contribution in [0.5, 0.6) is 0 Å². The highest BCUT2D eigenvalue weighted by molar-refractivity contribution is 5.94. The smallest absolute Gasteiger partial charge is 0.238 e. The summed E-state index contributed by atoms with van der Waals surface area (Å²) < 4.78 is 0. The van der Waals surface area contributed by atoms with E-state index in [4.69, 9.17) is 0 Å². The van der Waals surface area contributed by atoms with Crippen molar-refractivity contribution in [3.8, 4) is 0 Å². The van der Waals surface area contributed by atoms with Crippen LogP contribution >= 0.6 is 0 Å². The molecule has 2 fully saturated rings. The number of nitrogens with zero attached hydrogens (tertiary/aromatic N) is 2. The van der Waals surface area contributed by atoms with E-state index in [1.54, 1.807) is 0 Å². The molecule has 2 heterocycles. The summed E-state index contributed by atoms with van der Waals surface area (Å²) in [7, 11) is 0. The van der Waals surface area contributed by atoms with Gasteiger partial charge in [0.25, 0.3) is 0 Å². The lowest BCUT2D eigenvalue weighted by Crippen LogP contribution is -2.44. The molecule has 2 aliphatic heterocycles. The number of hydrogen-bond acceptors (Lipinski definition) is 4. The molecule has 6 heteroatoms. The number of amides is 2. The minimum Gasteiger partial charge on any atom is -0.372 e. The number of likely N-dealkylation sites (tertiary alicyclic amines) is 1. The van der Waals surface area contributed by atoms with Gasteiger partial charge in [-0.2, -0.15) is 0 Å². The van der Waals surface area contributed by atoms with Gasteiger partial charge in [-0.25, -0.2) is 0 Å². The van der Waals surface area contributed by atoms with E-state index in [0.717, 1.165) is 49.4 Å². The molecule has 2 aromatic rings. The van der Waals surface area contributed by atoms with Gasteiger partial charge in [0.05, 0.1) is 12.5 Å². The van der Waals surface area contributed by atoms with Crippen LogP contribution < -0.4 is 15.5 Å². The van der Waals surface area contributed by atoms with Gasteiger partial charge in [0.15, 0.2) is 0 Å². The van der Waals surface area contributed by atoms with Gasteiger partial charge in [-0.15, -0.1) is 0 Å². The number of para-hydroxylation sites is 1. The Hall–Kier alpha value is -2.86. The lowest BCUT2D eigenvalue weighted by molar-refractivity contribution is -0.123. The Balaban J connectivity index is 1.29. The monoisotopic (exact) mass is 420 g/mol. The third-order valence-electron chi connectivity index (χ3n) is 6.24. The largest absolute Gasteiger partial charge is 0.372 e. The topological polar surface area (TPSA) is 64.7 Å². The predicted octanol–water partition coefficient (Wildman–Crippen LogP) is 3.88. The highest BCUT2D eigenvalue weighted by Gasteiger charge is 2.27. The Bertz CT molecular complexity index is 909. The number of carbonyl (C=O) groups excluding carboxylic acids is 2. The third-order valence-corrected chi connectivity index (χ3v) is 6.24. The molecule has 6 nitrogen and oxygen atoms in total. The second-order valence-corrected chi connectivity index (χ2v) is 8.67. The normalized spacial score (nSPS) is 19.3. The SMILES string of the molecule is Cc1cc(N2CCCC2)ccc1NC(=O)CN1CCCC(C(=O)Nc2ccccc2)C1. The molecule has 2 aliphatic rings. The quantitative estimate of drug-likeness (QED) is 0.744. The lowest BCUT2D eigenvalue weighted by atomic mass is 9.97.